The number of Topliss-reactive ketones (excluding diaryl/α,β-unsaturated/α-hetero) is 1. The molecule has 0 saturated heterocycles. The molecule has 4 heteroatoms. The molecule has 4 nitrogen and oxygen atoms in total. The third-order valence-electron chi connectivity index (χ3n) is 10.0. The minimum absolute atomic E-state index is 0.115. The number of aromatic nitrogens is 2. The van der Waals surface area contributed by atoms with Gasteiger partial charge in [-0.3, -0.25) is 9.48 Å². The van der Waals surface area contributed by atoms with Crippen LogP contribution in [0.3, 0.4) is 0 Å². The van der Waals surface area contributed by atoms with Gasteiger partial charge >= 0.3 is 0 Å². The summed E-state index contributed by atoms with van der Waals surface area (Å²) in [6.45, 7) is 9.84. The molecular weight excluding hydrogens is 372 g/mol. The number of ketones is 1. The predicted molar refractivity (Wildman–Crippen MR) is 119 cm³/mol. The van der Waals surface area contributed by atoms with E-state index in [0.717, 1.165) is 55.0 Å². The van der Waals surface area contributed by atoms with E-state index in [4.69, 9.17) is 0 Å². The van der Waals surface area contributed by atoms with Crippen LogP contribution in [-0.2, 0) is 11.3 Å². The van der Waals surface area contributed by atoms with Gasteiger partial charge in [0.15, 0.2) is 5.78 Å². The summed E-state index contributed by atoms with van der Waals surface area (Å²) in [6, 6.07) is 0. The van der Waals surface area contributed by atoms with E-state index in [0.29, 0.717) is 23.5 Å². The van der Waals surface area contributed by atoms with Crippen molar-refractivity contribution < 1.29 is 9.90 Å². The van der Waals surface area contributed by atoms with Gasteiger partial charge < -0.3 is 5.11 Å². The van der Waals surface area contributed by atoms with Gasteiger partial charge in [0.25, 0.3) is 0 Å². The lowest BCUT2D eigenvalue weighted by Gasteiger charge is -2.60. The van der Waals surface area contributed by atoms with E-state index in [-0.39, 0.29) is 16.9 Å². The largest absolute Gasteiger partial charge is 0.393 e. The first kappa shape index (κ1) is 20.5. The lowest BCUT2D eigenvalue weighted by atomic mass is 9.45. The van der Waals surface area contributed by atoms with Crippen LogP contribution in [0.4, 0.5) is 0 Å². The first-order chi connectivity index (χ1) is 14.3. The molecule has 4 aliphatic carbocycles. The number of allylic oxidation sites excluding steroid dienone is 1. The first-order valence-corrected chi connectivity index (χ1v) is 12.2. The molecular formula is C26H38N2O2. The molecule has 4 fully saturated rings. The maximum Gasteiger partial charge on any atom is 0.159 e. The van der Waals surface area contributed by atoms with Gasteiger partial charge in [-0.2, -0.15) is 5.10 Å². The highest BCUT2D eigenvalue weighted by Crippen LogP contribution is 2.66. The highest BCUT2D eigenvalue weighted by molar-refractivity contribution is 6.00. The first-order valence-electron chi connectivity index (χ1n) is 12.2. The highest BCUT2D eigenvalue weighted by atomic mass is 16.3. The molecule has 4 aliphatic rings. The van der Waals surface area contributed by atoms with Gasteiger partial charge in [0, 0.05) is 24.7 Å². The Hall–Kier alpha value is -1.42. The normalized spacial score (nSPS) is 44.6. The monoisotopic (exact) mass is 410 g/mol. The van der Waals surface area contributed by atoms with Crippen molar-refractivity contribution in [1.82, 2.24) is 9.78 Å². The van der Waals surface area contributed by atoms with Gasteiger partial charge in [0.1, 0.15) is 0 Å². The van der Waals surface area contributed by atoms with Gasteiger partial charge in [0.05, 0.1) is 11.8 Å². The molecule has 0 aromatic carbocycles. The summed E-state index contributed by atoms with van der Waals surface area (Å²) in [5, 5.41) is 15.3. The van der Waals surface area contributed by atoms with Gasteiger partial charge in [-0.05, 0) is 105 Å². The second-order valence-electron chi connectivity index (χ2n) is 11.3. The maximum absolute atomic E-state index is 13.1. The number of rotatable bonds is 2. The fraction of sp³-hybridized carbons (Fsp3) is 0.769. The fourth-order valence-electron chi connectivity index (χ4n) is 8.14. The van der Waals surface area contributed by atoms with Crippen LogP contribution in [0.2, 0.25) is 0 Å². The van der Waals surface area contributed by atoms with Crippen LogP contribution < -0.4 is 0 Å². The minimum atomic E-state index is -0.115. The molecule has 0 amide bonds. The van der Waals surface area contributed by atoms with Crippen molar-refractivity contribution in [3.63, 3.8) is 0 Å². The Kier molecular flexibility index (Phi) is 4.81. The molecule has 4 saturated carbocycles. The zero-order valence-electron chi connectivity index (χ0n) is 19.2. The van der Waals surface area contributed by atoms with Crippen molar-refractivity contribution in [3.8, 4) is 0 Å². The van der Waals surface area contributed by atoms with Gasteiger partial charge in [-0.25, -0.2) is 0 Å². The molecule has 164 valence electrons. The number of aliphatic hydroxyl groups excluding tert-OH is 1. The number of hydrogen-bond acceptors (Lipinski definition) is 3. The van der Waals surface area contributed by atoms with Crippen LogP contribution in [0.5, 0.6) is 0 Å². The Morgan fingerprint density at radius 2 is 1.93 bits per heavy atom. The summed E-state index contributed by atoms with van der Waals surface area (Å²) >= 11 is 0. The number of fused-ring (bicyclic) bond motifs is 5. The zero-order valence-corrected chi connectivity index (χ0v) is 19.2. The Bertz CT molecular complexity index is 886. The van der Waals surface area contributed by atoms with Crippen LogP contribution in [0.15, 0.2) is 11.8 Å². The van der Waals surface area contributed by atoms with E-state index < -0.39 is 0 Å². The molecule has 7 unspecified atom stereocenters. The summed E-state index contributed by atoms with van der Waals surface area (Å²) in [4.78, 5) is 13.1. The van der Waals surface area contributed by atoms with E-state index in [1.807, 2.05) is 11.6 Å². The molecule has 1 heterocycles. The lowest BCUT2D eigenvalue weighted by molar-refractivity contribution is -0.134. The van der Waals surface area contributed by atoms with E-state index in [2.05, 4.69) is 38.1 Å². The van der Waals surface area contributed by atoms with Gasteiger partial charge in [0.2, 0.25) is 0 Å². The van der Waals surface area contributed by atoms with Crippen molar-refractivity contribution in [1.29, 1.82) is 0 Å². The average molecular weight is 411 g/mol. The van der Waals surface area contributed by atoms with Crippen molar-refractivity contribution in [2.45, 2.75) is 91.7 Å². The van der Waals surface area contributed by atoms with Crippen molar-refractivity contribution >= 4 is 11.9 Å². The molecule has 0 aliphatic heterocycles. The van der Waals surface area contributed by atoms with Crippen LogP contribution >= 0.6 is 0 Å². The molecule has 0 radical (unpaired) electrons. The Labute approximate surface area is 181 Å². The number of hydrogen-bond donors (Lipinski definition) is 1. The number of aryl methyl sites for hydroxylation is 2. The van der Waals surface area contributed by atoms with Gasteiger partial charge in [-0.1, -0.05) is 13.8 Å². The zero-order chi connectivity index (χ0) is 21.3. The maximum atomic E-state index is 13.1. The Morgan fingerprint density at radius 3 is 2.67 bits per heavy atom. The van der Waals surface area contributed by atoms with Crippen LogP contribution in [-0.4, -0.2) is 26.8 Å². The van der Waals surface area contributed by atoms with Crippen molar-refractivity contribution in [3.05, 3.63) is 23.0 Å². The van der Waals surface area contributed by atoms with Crippen molar-refractivity contribution in [2.75, 3.05) is 0 Å². The molecule has 1 N–H and O–H groups in total. The topological polar surface area (TPSA) is 55.1 Å². The molecule has 7 atom stereocenters. The van der Waals surface area contributed by atoms with Crippen LogP contribution in [0.25, 0.3) is 6.08 Å². The highest BCUT2D eigenvalue weighted by Gasteiger charge is 2.60. The van der Waals surface area contributed by atoms with Gasteiger partial charge in [-0.15, -0.1) is 0 Å². The van der Waals surface area contributed by atoms with Crippen LogP contribution in [0.1, 0.15) is 83.4 Å². The number of carbonyl (C=O) groups is 1. The Balaban J connectivity index is 1.46. The summed E-state index contributed by atoms with van der Waals surface area (Å²) in [7, 11) is 0. The second kappa shape index (κ2) is 7.05. The molecule has 1 aromatic heterocycles. The summed E-state index contributed by atoms with van der Waals surface area (Å²) in [6.07, 6.45) is 12.7. The SMILES string of the molecule is CCn1cc(/C=C2/CC3(C)C(CCC4C5CCC(O)C5(C)CCC43)CC2=O)c(C)n1. The summed E-state index contributed by atoms with van der Waals surface area (Å²) in [5.41, 5.74) is 3.47. The Morgan fingerprint density at radius 1 is 1.17 bits per heavy atom. The summed E-state index contributed by atoms with van der Waals surface area (Å²) < 4.78 is 1.96. The molecule has 0 spiro atoms. The fourth-order valence-corrected chi connectivity index (χ4v) is 8.14. The summed E-state index contributed by atoms with van der Waals surface area (Å²) in [5.74, 6) is 2.96. The van der Waals surface area contributed by atoms with E-state index in [1.165, 1.54) is 25.7 Å². The van der Waals surface area contributed by atoms with E-state index >= 15 is 0 Å². The van der Waals surface area contributed by atoms with E-state index in [9.17, 15) is 9.90 Å². The number of nitrogens with zero attached hydrogens (tertiary/aromatic N) is 2. The molecule has 0 bridgehead atoms. The smallest absolute Gasteiger partial charge is 0.159 e. The van der Waals surface area contributed by atoms with Crippen LogP contribution in [0, 0.1) is 41.4 Å². The van der Waals surface area contributed by atoms with Crippen molar-refractivity contribution in [2.24, 2.45) is 34.5 Å². The third kappa shape index (κ3) is 2.89. The van der Waals surface area contributed by atoms with E-state index in [1.54, 1.807) is 0 Å². The lowest BCUT2D eigenvalue weighted by Crippen LogP contribution is -2.54. The standard InChI is InChI=1S/C26H38N2O2/c1-5-28-15-18(16(2)27-28)12-17-14-26(4)19(13-23(17)29)6-7-20-21-8-9-24(30)25(21,3)11-10-22(20)26/h12,15,19-22,24,30H,5-11,13-14H2,1-4H3/b17-12-. The quantitative estimate of drug-likeness (QED) is 0.684. The third-order valence-corrected chi connectivity index (χ3v) is 10.0. The molecule has 30 heavy (non-hydrogen) atoms. The predicted octanol–water partition coefficient (Wildman–Crippen LogP) is 5.18. The minimum Gasteiger partial charge on any atom is -0.393 e. The second-order valence-corrected chi connectivity index (χ2v) is 11.3. The molecule has 5 rings (SSSR count). The number of carbonyl (C=O) groups excluding carboxylic acids is 1. The average Bonchev–Trinajstić information content (AvgIpc) is 3.22. The number of aliphatic hydroxyl groups is 1. The molecule has 1 aromatic rings.